The van der Waals surface area contributed by atoms with Crippen LogP contribution in [0, 0.1) is 5.92 Å². The molecular weight excluding hydrogens is 462 g/mol. The summed E-state index contributed by atoms with van der Waals surface area (Å²) in [7, 11) is -3.88. The number of carbonyl (C=O) groups excluding carboxylic acids is 2. The van der Waals surface area contributed by atoms with Gasteiger partial charge >= 0.3 is 12.0 Å². The Labute approximate surface area is 191 Å². The average molecular weight is 488 g/mol. The van der Waals surface area contributed by atoms with E-state index in [1.165, 1.54) is 23.1 Å². The summed E-state index contributed by atoms with van der Waals surface area (Å²) in [6, 6.07) is 2.48. The van der Waals surface area contributed by atoms with Gasteiger partial charge in [0.2, 0.25) is 15.9 Å². The quantitative estimate of drug-likeness (QED) is 0.285. The number of ether oxygens (including phenoxy) is 1. The van der Waals surface area contributed by atoms with Crippen LogP contribution in [-0.4, -0.2) is 61.8 Å². The molecule has 0 radical (unpaired) electrons. The van der Waals surface area contributed by atoms with Crippen molar-refractivity contribution in [1.82, 2.24) is 14.9 Å². The largest absolute Gasteiger partial charge is 0.492 e. The molecule has 1 saturated carbocycles. The number of amides is 3. The maximum absolute atomic E-state index is 12.5. The number of halogens is 1. The van der Waals surface area contributed by atoms with Crippen molar-refractivity contribution in [3.8, 4) is 5.75 Å². The SMILES string of the molecule is O=C1CN(CCCCCS(=O)(=O)N[C@H](C(=O)O)c2ccc(Cl)c(OCC3CC3)c2)C(=O)N1. The fourth-order valence-corrected chi connectivity index (χ4v) is 4.71. The zero-order valence-electron chi connectivity index (χ0n) is 17.4. The molecule has 10 nitrogen and oxygen atoms in total. The van der Waals surface area contributed by atoms with Crippen LogP contribution in [0.3, 0.4) is 0 Å². The maximum Gasteiger partial charge on any atom is 0.326 e. The van der Waals surface area contributed by atoms with Crippen molar-refractivity contribution in [2.45, 2.75) is 38.1 Å². The topological polar surface area (TPSA) is 142 Å². The molecule has 176 valence electrons. The van der Waals surface area contributed by atoms with Crippen molar-refractivity contribution in [2.75, 3.05) is 25.4 Å². The van der Waals surface area contributed by atoms with Gasteiger partial charge in [-0.2, -0.15) is 4.72 Å². The number of rotatable bonds is 13. The number of sulfonamides is 1. The molecule has 3 N–H and O–H groups in total. The molecule has 3 amide bonds. The average Bonchev–Trinajstić information content (AvgIpc) is 3.49. The first-order valence-electron chi connectivity index (χ1n) is 10.4. The van der Waals surface area contributed by atoms with Crippen molar-refractivity contribution in [2.24, 2.45) is 5.92 Å². The summed E-state index contributed by atoms with van der Waals surface area (Å²) in [6.07, 6.45) is 3.46. The summed E-state index contributed by atoms with van der Waals surface area (Å²) in [5.41, 5.74) is 0.223. The monoisotopic (exact) mass is 487 g/mol. The lowest BCUT2D eigenvalue weighted by atomic mass is 10.1. The number of nitrogens with one attached hydrogen (secondary N) is 2. The molecule has 1 atom stereocenters. The molecule has 2 aliphatic rings. The summed E-state index contributed by atoms with van der Waals surface area (Å²) < 4.78 is 32.8. The van der Waals surface area contributed by atoms with Gasteiger partial charge in [0.15, 0.2) is 0 Å². The lowest BCUT2D eigenvalue weighted by Gasteiger charge is -2.17. The van der Waals surface area contributed by atoms with Gasteiger partial charge in [0, 0.05) is 6.54 Å². The first-order chi connectivity index (χ1) is 15.1. The zero-order valence-corrected chi connectivity index (χ0v) is 19.0. The van der Waals surface area contributed by atoms with Crippen LogP contribution in [0.1, 0.15) is 43.7 Å². The lowest BCUT2D eigenvalue weighted by molar-refractivity contribution is -0.139. The number of aliphatic carboxylic acids is 1. The van der Waals surface area contributed by atoms with Crippen LogP contribution in [0.25, 0.3) is 0 Å². The van der Waals surface area contributed by atoms with Crippen molar-refractivity contribution in [3.63, 3.8) is 0 Å². The van der Waals surface area contributed by atoms with Gasteiger partial charge in [-0.1, -0.05) is 24.1 Å². The second kappa shape index (κ2) is 10.5. The van der Waals surface area contributed by atoms with E-state index < -0.39 is 28.1 Å². The van der Waals surface area contributed by atoms with Crippen LogP contribution < -0.4 is 14.8 Å². The summed E-state index contributed by atoms with van der Waals surface area (Å²) in [6.45, 7) is 0.837. The van der Waals surface area contributed by atoms with E-state index in [1.807, 2.05) is 0 Å². The standard InChI is InChI=1S/C20H26ClN3O7S/c21-15-7-6-14(10-16(15)31-12-13-4-5-13)18(19(26)27)23-32(29,30)9-3-1-2-8-24-11-17(25)22-20(24)28/h6-7,10,13,18,23H,1-5,8-9,11-12H2,(H,26,27)(H,22,25,28)/t18-/m0/s1. The first kappa shape index (κ1) is 24.3. The molecule has 0 aromatic heterocycles. The second-order valence-corrected chi connectivity index (χ2v) is 10.3. The number of imide groups is 1. The number of carbonyl (C=O) groups is 3. The molecule has 1 aliphatic heterocycles. The Morgan fingerprint density at radius 3 is 2.66 bits per heavy atom. The van der Waals surface area contributed by atoms with Crippen LogP contribution >= 0.6 is 11.6 Å². The number of urea groups is 1. The third-order valence-electron chi connectivity index (χ3n) is 5.21. The minimum absolute atomic E-state index is 0.00638. The number of nitrogens with zero attached hydrogens (tertiary/aromatic N) is 1. The Kier molecular flexibility index (Phi) is 7.96. The van der Waals surface area contributed by atoms with Gasteiger partial charge in [0.25, 0.3) is 0 Å². The Morgan fingerprint density at radius 2 is 2.03 bits per heavy atom. The molecule has 1 saturated heterocycles. The Hall–Kier alpha value is -2.37. The second-order valence-electron chi connectivity index (χ2n) is 7.99. The van der Waals surface area contributed by atoms with Crippen LogP contribution in [0.5, 0.6) is 5.75 Å². The minimum Gasteiger partial charge on any atom is -0.492 e. The lowest BCUT2D eigenvalue weighted by Crippen LogP contribution is -2.35. The van der Waals surface area contributed by atoms with Gasteiger partial charge in [-0.05, 0) is 49.3 Å². The van der Waals surface area contributed by atoms with Gasteiger partial charge in [0.05, 0.1) is 17.4 Å². The third kappa shape index (κ3) is 7.07. The predicted molar refractivity (Wildman–Crippen MR) is 116 cm³/mol. The molecule has 12 heteroatoms. The molecule has 2 fully saturated rings. The van der Waals surface area contributed by atoms with E-state index in [1.54, 1.807) is 0 Å². The van der Waals surface area contributed by atoms with Gasteiger partial charge in [-0.15, -0.1) is 0 Å². The highest BCUT2D eigenvalue weighted by Crippen LogP contribution is 2.33. The van der Waals surface area contributed by atoms with E-state index in [2.05, 4.69) is 10.0 Å². The maximum atomic E-state index is 12.5. The zero-order chi connectivity index (χ0) is 23.3. The number of carboxylic acid groups (broad SMARTS) is 1. The number of hydrogen-bond donors (Lipinski definition) is 3. The van der Waals surface area contributed by atoms with Crippen molar-refractivity contribution in [1.29, 1.82) is 0 Å². The molecular formula is C20H26ClN3O7S. The van der Waals surface area contributed by atoms with Gasteiger partial charge in [0.1, 0.15) is 18.3 Å². The first-order valence-corrected chi connectivity index (χ1v) is 12.4. The Morgan fingerprint density at radius 1 is 1.28 bits per heavy atom. The fraction of sp³-hybridized carbons (Fsp3) is 0.550. The normalized spacial score (nSPS) is 17.3. The van der Waals surface area contributed by atoms with Crippen molar-refractivity contribution >= 4 is 39.5 Å². The molecule has 1 heterocycles. The van der Waals surface area contributed by atoms with Gasteiger partial charge in [-0.25, -0.2) is 13.2 Å². The van der Waals surface area contributed by atoms with Gasteiger partial charge < -0.3 is 14.7 Å². The Balaban J connectivity index is 1.51. The number of carboxylic acids is 1. The molecule has 1 aromatic carbocycles. The molecule has 0 spiro atoms. The van der Waals surface area contributed by atoms with E-state index in [0.29, 0.717) is 42.7 Å². The molecule has 1 aromatic rings. The van der Waals surface area contributed by atoms with Crippen LogP contribution in [0.15, 0.2) is 18.2 Å². The highest BCUT2D eigenvalue weighted by molar-refractivity contribution is 7.89. The van der Waals surface area contributed by atoms with E-state index >= 15 is 0 Å². The van der Waals surface area contributed by atoms with Crippen LogP contribution in [0.4, 0.5) is 4.79 Å². The summed E-state index contributed by atoms with van der Waals surface area (Å²) in [4.78, 5) is 35.7. The number of benzene rings is 1. The van der Waals surface area contributed by atoms with E-state index in [9.17, 15) is 27.9 Å². The predicted octanol–water partition coefficient (Wildman–Crippen LogP) is 1.90. The van der Waals surface area contributed by atoms with Crippen molar-refractivity contribution in [3.05, 3.63) is 28.8 Å². The molecule has 1 aliphatic carbocycles. The summed E-state index contributed by atoms with van der Waals surface area (Å²) >= 11 is 6.12. The molecule has 32 heavy (non-hydrogen) atoms. The van der Waals surface area contributed by atoms with Crippen LogP contribution in [0.2, 0.25) is 5.02 Å². The number of unbranched alkanes of at least 4 members (excludes halogenated alkanes) is 2. The molecule has 3 rings (SSSR count). The van der Waals surface area contributed by atoms with Gasteiger partial charge in [-0.3, -0.25) is 14.9 Å². The highest BCUT2D eigenvalue weighted by atomic mass is 35.5. The van der Waals surface area contributed by atoms with Crippen molar-refractivity contribution < 1.29 is 32.6 Å². The smallest absolute Gasteiger partial charge is 0.326 e. The minimum atomic E-state index is -3.88. The molecule has 0 bridgehead atoms. The molecule has 0 unspecified atom stereocenters. The third-order valence-corrected chi connectivity index (χ3v) is 6.95. The highest BCUT2D eigenvalue weighted by Gasteiger charge is 2.28. The summed E-state index contributed by atoms with van der Waals surface area (Å²) in [5.74, 6) is -1.16. The van der Waals surface area contributed by atoms with E-state index in [4.69, 9.17) is 16.3 Å². The van der Waals surface area contributed by atoms with Crippen LogP contribution in [-0.2, 0) is 19.6 Å². The number of hydrogen-bond acceptors (Lipinski definition) is 6. The Bertz CT molecular complexity index is 981. The van der Waals surface area contributed by atoms with E-state index in [-0.39, 0.29) is 30.2 Å². The fourth-order valence-electron chi connectivity index (χ4n) is 3.24. The summed E-state index contributed by atoms with van der Waals surface area (Å²) in [5, 5.41) is 12.1. The van der Waals surface area contributed by atoms with E-state index in [0.717, 1.165) is 12.8 Å².